The number of nitrogens with zero attached hydrogens (tertiary/aromatic N) is 3. The number of aryl methyl sites for hydroxylation is 1. The molecule has 2 aromatic rings. The van der Waals surface area contributed by atoms with E-state index >= 15 is 0 Å². The van der Waals surface area contributed by atoms with E-state index in [1.165, 1.54) is 0 Å². The monoisotopic (exact) mass is 328 g/mol. The standard InChI is InChI=1S/C17H20N4O3/c1-12-11-15(24-19-12)16(22)18-14-6-4-3-5-13(14)17(23)21-9-7-20(2)8-10-21/h3-6,11H,7-10H2,1-2H3,(H,18,22). The number of para-hydroxylation sites is 1. The zero-order chi connectivity index (χ0) is 17.1. The molecule has 0 aliphatic carbocycles. The van der Waals surface area contributed by atoms with Crippen molar-refractivity contribution in [2.45, 2.75) is 6.92 Å². The molecule has 24 heavy (non-hydrogen) atoms. The van der Waals surface area contributed by atoms with Crippen LogP contribution in [0.5, 0.6) is 0 Å². The molecule has 0 radical (unpaired) electrons. The lowest BCUT2D eigenvalue weighted by atomic mass is 10.1. The molecule has 1 aliphatic rings. The van der Waals surface area contributed by atoms with Crippen LogP contribution in [-0.2, 0) is 0 Å². The highest BCUT2D eigenvalue weighted by molar-refractivity contribution is 6.07. The van der Waals surface area contributed by atoms with E-state index in [-0.39, 0.29) is 11.7 Å². The molecule has 0 bridgehead atoms. The van der Waals surface area contributed by atoms with Crippen molar-refractivity contribution in [2.75, 3.05) is 38.5 Å². The minimum absolute atomic E-state index is 0.0762. The molecule has 0 spiro atoms. The minimum atomic E-state index is -0.422. The maximum atomic E-state index is 12.8. The van der Waals surface area contributed by atoms with Crippen molar-refractivity contribution in [3.05, 3.63) is 47.3 Å². The van der Waals surface area contributed by atoms with E-state index in [0.29, 0.717) is 30.0 Å². The zero-order valence-electron chi connectivity index (χ0n) is 13.8. The topological polar surface area (TPSA) is 78.7 Å². The predicted octanol–water partition coefficient (Wildman–Crippen LogP) is 1.62. The molecule has 0 saturated carbocycles. The van der Waals surface area contributed by atoms with Gasteiger partial charge in [-0.15, -0.1) is 0 Å². The number of anilines is 1. The van der Waals surface area contributed by atoms with Gasteiger partial charge in [0.25, 0.3) is 11.8 Å². The van der Waals surface area contributed by atoms with E-state index in [0.717, 1.165) is 13.1 Å². The second-order valence-electron chi connectivity index (χ2n) is 5.93. The second kappa shape index (κ2) is 6.84. The number of benzene rings is 1. The molecule has 126 valence electrons. The van der Waals surface area contributed by atoms with Gasteiger partial charge in [0.2, 0.25) is 5.76 Å². The lowest BCUT2D eigenvalue weighted by molar-refractivity contribution is 0.0665. The molecule has 1 aromatic carbocycles. The van der Waals surface area contributed by atoms with Crippen LogP contribution in [0.1, 0.15) is 26.6 Å². The Morgan fingerprint density at radius 3 is 2.54 bits per heavy atom. The summed E-state index contributed by atoms with van der Waals surface area (Å²) in [6, 6.07) is 8.56. The van der Waals surface area contributed by atoms with E-state index in [1.54, 1.807) is 37.3 Å². The van der Waals surface area contributed by atoms with Crippen LogP contribution in [0.15, 0.2) is 34.9 Å². The van der Waals surface area contributed by atoms with Crippen LogP contribution >= 0.6 is 0 Å². The Balaban J connectivity index is 1.77. The molecule has 1 N–H and O–H groups in total. The minimum Gasteiger partial charge on any atom is -0.351 e. The van der Waals surface area contributed by atoms with Crippen LogP contribution in [-0.4, -0.2) is 60.0 Å². The number of piperazine rings is 1. The van der Waals surface area contributed by atoms with Crippen LogP contribution in [0.25, 0.3) is 0 Å². The van der Waals surface area contributed by atoms with Gasteiger partial charge >= 0.3 is 0 Å². The summed E-state index contributed by atoms with van der Waals surface area (Å²) in [5, 5.41) is 6.44. The SMILES string of the molecule is Cc1cc(C(=O)Nc2ccccc2C(=O)N2CCN(C)CC2)on1. The van der Waals surface area contributed by atoms with E-state index in [2.05, 4.69) is 15.4 Å². The fourth-order valence-corrected chi connectivity index (χ4v) is 2.61. The quantitative estimate of drug-likeness (QED) is 0.926. The van der Waals surface area contributed by atoms with E-state index in [9.17, 15) is 9.59 Å². The van der Waals surface area contributed by atoms with Crippen molar-refractivity contribution in [2.24, 2.45) is 0 Å². The van der Waals surface area contributed by atoms with Crippen LogP contribution in [0.3, 0.4) is 0 Å². The van der Waals surface area contributed by atoms with Gasteiger partial charge in [-0.25, -0.2) is 0 Å². The van der Waals surface area contributed by atoms with Crippen LogP contribution in [0.4, 0.5) is 5.69 Å². The van der Waals surface area contributed by atoms with Crippen molar-refractivity contribution in [3.8, 4) is 0 Å². The maximum Gasteiger partial charge on any atom is 0.294 e. The fourth-order valence-electron chi connectivity index (χ4n) is 2.61. The number of rotatable bonds is 3. The Bertz CT molecular complexity index is 748. The first-order chi connectivity index (χ1) is 11.5. The third-order valence-electron chi connectivity index (χ3n) is 4.05. The number of hydrogen-bond donors (Lipinski definition) is 1. The number of carbonyl (C=O) groups excluding carboxylic acids is 2. The molecule has 3 rings (SSSR count). The van der Waals surface area contributed by atoms with Gasteiger partial charge in [-0.1, -0.05) is 17.3 Å². The Labute approximate surface area is 140 Å². The van der Waals surface area contributed by atoms with Crippen molar-refractivity contribution in [1.82, 2.24) is 15.0 Å². The normalized spacial score (nSPS) is 15.3. The van der Waals surface area contributed by atoms with Gasteiger partial charge in [0.15, 0.2) is 0 Å². The van der Waals surface area contributed by atoms with Gasteiger partial charge in [0.1, 0.15) is 0 Å². The van der Waals surface area contributed by atoms with Crippen molar-refractivity contribution < 1.29 is 14.1 Å². The molecular formula is C17H20N4O3. The first kappa shape index (κ1) is 16.2. The molecule has 0 atom stereocenters. The number of amides is 2. The smallest absolute Gasteiger partial charge is 0.294 e. The molecule has 7 nitrogen and oxygen atoms in total. The molecule has 0 unspecified atom stereocenters. The van der Waals surface area contributed by atoms with Gasteiger partial charge in [-0.2, -0.15) is 0 Å². The summed E-state index contributed by atoms with van der Waals surface area (Å²) in [5.41, 5.74) is 1.58. The lowest BCUT2D eigenvalue weighted by Crippen LogP contribution is -2.47. The number of carbonyl (C=O) groups is 2. The average molecular weight is 328 g/mol. The Hall–Kier alpha value is -2.67. The summed E-state index contributed by atoms with van der Waals surface area (Å²) in [7, 11) is 2.04. The van der Waals surface area contributed by atoms with E-state index < -0.39 is 5.91 Å². The zero-order valence-corrected chi connectivity index (χ0v) is 13.8. The predicted molar refractivity (Wildman–Crippen MR) is 89.0 cm³/mol. The second-order valence-corrected chi connectivity index (χ2v) is 5.93. The molecule has 1 aromatic heterocycles. The van der Waals surface area contributed by atoms with Crippen LogP contribution in [0.2, 0.25) is 0 Å². The summed E-state index contributed by atoms with van der Waals surface area (Å²) in [4.78, 5) is 29.0. The molecule has 2 heterocycles. The number of hydrogen-bond acceptors (Lipinski definition) is 5. The lowest BCUT2D eigenvalue weighted by Gasteiger charge is -2.32. The third-order valence-corrected chi connectivity index (χ3v) is 4.05. The van der Waals surface area contributed by atoms with Crippen molar-refractivity contribution in [1.29, 1.82) is 0 Å². The van der Waals surface area contributed by atoms with Gasteiger partial charge in [-0.3, -0.25) is 9.59 Å². The van der Waals surface area contributed by atoms with Crippen LogP contribution < -0.4 is 5.32 Å². The van der Waals surface area contributed by atoms with Gasteiger partial charge in [0, 0.05) is 32.2 Å². The third kappa shape index (κ3) is 3.46. The average Bonchev–Trinajstić information content (AvgIpc) is 3.02. The van der Waals surface area contributed by atoms with E-state index in [4.69, 9.17) is 4.52 Å². The Morgan fingerprint density at radius 1 is 1.17 bits per heavy atom. The van der Waals surface area contributed by atoms with Gasteiger partial charge < -0.3 is 19.6 Å². The fraction of sp³-hybridized carbons (Fsp3) is 0.353. The number of nitrogens with one attached hydrogen (secondary N) is 1. The number of aromatic nitrogens is 1. The van der Waals surface area contributed by atoms with E-state index in [1.807, 2.05) is 11.9 Å². The molecular weight excluding hydrogens is 308 g/mol. The molecule has 1 saturated heterocycles. The molecule has 7 heteroatoms. The Kier molecular flexibility index (Phi) is 4.61. The summed E-state index contributed by atoms with van der Waals surface area (Å²) in [5.74, 6) is -0.378. The summed E-state index contributed by atoms with van der Waals surface area (Å²) in [6.45, 7) is 4.79. The van der Waals surface area contributed by atoms with Crippen LogP contribution in [0, 0.1) is 6.92 Å². The molecule has 1 aliphatic heterocycles. The number of likely N-dealkylation sites (N-methyl/N-ethyl adjacent to an activating group) is 1. The first-order valence-electron chi connectivity index (χ1n) is 7.86. The molecule has 2 amide bonds. The van der Waals surface area contributed by atoms with Crippen molar-refractivity contribution in [3.63, 3.8) is 0 Å². The summed E-state index contributed by atoms with van der Waals surface area (Å²) >= 11 is 0. The summed E-state index contributed by atoms with van der Waals surface area (Å²) < 4.78 is 4.96. The molecule has 1 fully saturated rings. The highest BCUT2D eigenvalue weighted by Gasteiger charge is 2.23. The van der Waals surface area contributed by atoms with Crippen molar-refractivity contribution >= 4 is 17.5 Å². The highest BCUT2D eigenvalue weighted by atomic mass is 16.5. The maximum absolute atomic E-state index is 12.8. The summed E-state index contributed by atoms with van der Waals surface area (Å²) in [6.07, 6.45) is 0. The largest absolute Gasteiger partial charge is 0.351 e. The Morgan fingerprint density at radius 2 is 1.88 bits per heavy atom. The van der Waals surface area contributed by atoms with Gasteiger partial charge in [0.05, 0.1) is 16.9 Å². The first-order valence-corrected chi connectivity index (χ1v) is 7.86. The highest BCUT2D eigenvalue weighted by Crippen LogP contribution is 2.19. The van der Waals surface area contributed by atoms with Gasteiger partial charge in [-0.05, 0) is 26.1 Å².